The van der Waals surface area contributed by atoms with Crippen LogP contribution in [0.5, 0.6) is 0 Å². The van der Waals surface area contributed by atoms with Gasteiger partial charge in [-0.3, -0.25) is 14.9 Å². The zero-order valence-electron chi connectivity index (χ0n) is 10.3. The van der Waals surface area contributed by atoms with Gasteiger partial charge in [-0.25, -0.2) is 9.78 Å². The van der Waals surface area contributed by atoms with E-state index in [1.165, 1.54) is 6.07 Å². The number of carbonyl (C=O) groups is 1. The fraction of sp³-hybridized carbons (Fsp3) is 0. The summed E-state index contributed by atoms with van der Waals surface area (Å²) in [6, 6.07) is 4.69. The molecule has 1 aromatic carbocycles. The van der Waals surface area contributed by atoms with Crippen molar-refractivity contribution in [2.45, 2.75) is 10.1 Å². The summed E-state index contributed by atoms with van der Waals surface area (Å²) in [6.07, 6.45) is 0. The van der Waals surface area contributed by atoms with Crippen molar-refractivity contribution in [3.8, 4) is 0 Å². The van der Waals surface area contributed by atoms with Gasteiger partial charge in [-0.1, -0.05) is 11.8 Å². The number of H-pyrrole nitrogens is 1. The van der Waals surface area contributed by atoms with Crippen LogP contribution in [0.3, 0.4) is 0 Å². The van der Waals surface area contributed by atoms with Gasteiger partial charge in [-0.2, -0.15) is 0 Å². The fourth-order valence-electron chi connectivity index (χ4n) is 1.52. The average Bonchev–Trinajstić information content (AvgIpc) is 2.36. The number of carboxylic acids is 1. The molecule has 2 aromatic rings. The number of aromatic nitrogens is 2. The Hall–Kier alpha value is -2.88. The molecule has 0 atom stereocenters. The smallest absolute Gasteiger partial charge is 0.342 e. The first-order valence-corrected chi connectivity index (χ1v) is 6.25. The maximum absolute atomic E-state index is 11.2. The van der Waals surface area contributed by atoms with E-state index in [0.29, 0.717) is 4.90 Å². The first-order valence-electron chi connectivity index (χ1n) is 5.43. The number of anilines is 1. The van der Waals surface area contributed by atoms with Gasteiger partial charge in [-0.05, 0) is 12.1 Å². The summed E-state index contributed by atoms with van der Waals surface area (Å²) in [5.41, 5.74) is 4.01. The van der Waals surface area contributed by atoms with Crippen molar-refractivity contribution in [1.82, 2.24) is 9.97 Å². The molecular weight excluding hydrogens is 300 g/mol. The molecule has 108 valence electrons. The lowest BCUT2D eigenvalue weighted by molar-refractivity contribution is -0.385. The number of carboxylic acid groups (broad SMARTS) is 1. The minimum Gasteiger partial charge on any atom is -0.477 e. The number of nitro benzene ring substituents is 1. The minimum absolute atomic E-state index is 0.0119. The van der Waals surface area contributed by atoms with E-state index >= 15 is 0 Å². The lowest BCUT2D eigenvalue weighted by Crippen LogP contribution is -2.09. The van der Waals surface area contributed by atoms with Crippen LogP contribution in [0.15, 0.2) is 39.1 Å². The molecule has 0 bridgehead atoms. The molecule has 0 radical (unpaired) electrons. The Morgan fingerprint density at radius 3 is 2.71 bits per heavy atom. The molecule has 0 spiro atoms. The molecule has 0 saturated heterocycles. The van der Waals surface area contributed by atoms with Crippen LogP contribution in [-0.4, -0.2) is 26.0 Å². The van der Waals surface area contributed by atoms with E-state index in [1.807, 2.05) is 0 Å². The second-order valence-electron chi connectivity index (χ2n) is 3.82. The number of hydrogen-bond acceptors (Lipinski definition) is 7. The normalized spacial score (nSPS) is 10.3. The highest BCUT2D eigenvalue weighted by molar-refractivity contribution is 7.99. The molecule has 10 heteroatoms. The van der Waals surface area contributed by atoms with Gasteiger partial charge in [0.25, 0.3) is 11.2 Å². The number of aromatic amines is 1. The standard InChI is InChI=1S/C11H8N4O5S/c12-8-4-9(16)14-11(13-8)21-5-1-2-6(10(17)18)7(3-5)15(19)20/h1-4H,(H,17,18)(H3,12,13,14,16). The molecule has 4 N–H and O–H groups in total. The maximum Gasteiger partial charge on any atom is 0.342 e. The first kappa shape index (κ1) is 14.5. The van der Waals surface area contributed by atoms with Gasteiger partial charge in [0.2, 0.25) is 0 Å². The van der Waals surface area contributed by atoms with Gasteiger partial charge in [0, 0.05) is 17.0 Å². The van der Waals surface area contributed by atoms with E-state index in [0.717, 1.165) is 30.0 Å². The third-order valence-electron chi connectivity index (χ3n) is 2.35. The van der Waals surface area contributed by atoms with Crippen LogP contribution in [0.4, 0.5) is 11.5 Å². The lowest BCUT2D eigenvalue weighted by atomic mass is 10.2. The molecule has 0 unspecified atom stereocenters. The monoisotopic (exact) mass is 308 g/mol. The summed E-state index contributed by atoms with van der Waals surface area (Å²) in [5, 5.41) is 19.9. The van der Waals surface area contributed by atoms with Gasteiger partial charge in [0.15, 0.2) is 5.16 Å². The minimum atomic E-state index is -1.39. The number of aromatic carboxylic acids is 1. The van der Waals surface area contributed by atoms with Gasteiger partial charge >= 0.3 is 5.97 Å². The number of nitrogen functional groups attached to an aromatic ring is 1. The van der Waals surface area contributed by atoms with E-state index < -0.39 is 27.7 Å². The molecule has 21 heavy (non-hydrogen) atoms. The van der Waals surface area contributed by atoms with Crippen molar-refractivity contribution in [3.63, 3.8) is 0 Å². The molecular formula is C11H8N4O5S. The Kier molecular flexibility index (Phi) is 3.89. The number of nitro groups is 1. The van der Waals surface area contributed by atoms with Crippen LogP contribution in [0.2, 0.25) is 0 Å². The van der Waals surface area contributed by atoms with E-state index in [2.05, 4.69) is 9.97 Å². The predicted molar refractivity (Wildman–Crippen MR) is 73.4 cm³/mol. The molecule has 0 saturated carbocycles. The summed E-state index contributed by atoms with van der Waals surface area (Å²) in [6.45, 7) is 0. The predicted octanol–water partition coefficient (Wildman–Crippen LogP) is 1.11. The van der Waals surface area contributed by atoms with Crippen molar-refractivity contribution < 1.29 is 14.8 Å². The highest BCUT2D eigenvalue weighted by Gasteiger charge is 2.20. The summed E-state index contributed by atoms with van der Waals surface area (Å²) in [4.78, 5) is 38.9. The van der Waals surface area contributed by atoms with Gasteiger partial charge in [0.1, 0.15) is 11.4 Å². The molecule has 0 aliphatic rings. The Morgan fingerprint density at radius 2 is 2.14 bits per heavy atom. The van der Waals surface area contributed by atoms with Crippen LogP contribution in [0.25, 0.3) is 0 Å². The molecule has 1 heterocycles. The molecule has 0 amide bonds. The maximum atomic E-state index is 11.2. The molecule has 1 aromatic heterocycles. The van der Waals surface area contributed by atoms with Crippen molar-refractivity contribution >= 4 is 29.2 Å². The van der Waals surface area contributed by atoms with Crippen LogP contribution in [-0.2, 0) is 0 Å². The molecule has 0 fully saturated rings. The van der Waals surface area contributed by atoms with Crippen molar-refractivity contribution in [3.05, 3.63) is 50.3 Å². The number of rotatable bonds is 4. The van der Waals surface area contributed by atoms with Crippen LogP contribution in [0, 0.1) is 10.1 Å². The average molecular weight is 308 g/mol. The highest BCUT2D eigenvalue weighted by atomic mass is 32.2. The SMILES string of the molecule is Nc1cc(=O)[nH]c(Sc2ccc(C(=O)O)c([N+](=O)[O-])c2)n1. The van der Waals surface area contributed by atoms with Crippen molar-refractivity contribution in [2.75, 3.05) is 5.73 Å². The zero-order valence-corrected chi connectivity index (χ0v) is 11.1. The van der Waals surface area contributed by atoms with Crippen molar-refractivity contribution in [2.24, 2.45) is 0 Å². The quantitative estimate of drug-likeness (QED) is 0.431. The number of hydrogen-bond donors (Lipinski definition) is 3. The Bertz CT molecular complexity index is 788. The second-order valence-corrected chi connectivity index (χ2v) is 4.88. The summed E-state index contributed by atoms with van der Waals surface area (Å²) < 4.78 is 0. The summed E-state index contributed by atoms with van der Waals surface area (Å²) in [5.74, 6) is -1.38. The number of benzene rings is 1. The molecule has 2 rings (SSSR count). The zero-order chi connectivity index (χ0) is 15.6. The van der Waals surface area contributed by atoms with Crippen LogP contribution < -0.4 is 11.3 Å². The summed E-state index contributed by atoms with van der Waals surface area (Å²) >= 11 is 0.924. The first-order chi connectivity index (χ1) is 9.86. The summed E-state index contributed by atoms with van der Waals surface area (Å²) in [7, 11) is 0. The second kappa shape index (κ2) is 5.63. The van der Waals surface area contributed by atoms with E-state index in [9.17, 15) is 19.7 Å². The lowest BCUT2D eigenvalue weighted by Gasteiger charge is -2.03. The third-order valence-corrected chi connectivity index (χ3v) is 3.23. The molecule has 9 nitrogen and oxygen atoms in total. The molecule has 0 aliphatic carbocycles. The number of nitrogens with one attached hydrogen (secondary N) is 1. The highest BCUT2D eigenvalue weighted by Crippen LogP contribution is 2.29. The van der Waals surface area contributed by atoms with Gasteiger partial charge in [0.05, 0.1) is 4.92 Å². The van der Waals surface area contributed by atoms with Gasteiger partial charge < -0.3 is 15.8 Å². The number of nitrogens with two attached hydrogens (primary N) is 1. The Labute approximate surface area is 121 Å². The van der Waals surface area contributed by atoms with E-state index in [4.69, 9.17) is 10.8 Å². The van der Waals surface area contributed by atoms with Crippen molar-refractivity contribution in [1.29, 1.82) is 0 Å². The Morgan fingerprint density at radius 1 is 1.43 bits per heavy atom. The third kappa shape index (κ3) is 3.36. The molecule has 0 aliphatic heterocycles. The van der Waals surface area contributed by atoms with Crippen LogP contribution in [0.1, 0.15) is 10.4 Å². The fourth-order valence-corrected chi connectivity index (χ4v) is 2.35. The van der Waals surface area contributed by atoms with E-state index in [1.54, 1.807) is 0 Å². The topological polar surface area (TPSA) is 152 Å². The Balaban J connectivity index is 2.41. The van der Waals surface area contributed by atoms with Crippen LogP contribution >= 0.6 is 11.8 Å². The van der Waals surface area contributed by atoms with Gasteiger partial charge in [-0.15, -0.1) is 0 Å². The largest absolute Gasteiger partial charge is 0.477 e. The van der Waals surface area contributed by atoms with E-state index in [-0.39, 0.29) is 11.0 Å². The number of nitrogens with zero attached hydrogens (tertiary/aromatic N) is 2.